The normalized spacial score (nSPS) is 30.5. The number of fused-ring (bicyclic) bond motifs is 3. The van der Waals surface area contributed by atoms with E-state index in [1.165, 1.54) is 0 Å². The number of ether oxygens (including phenoxy) is 1. The minimum absolute atomic E-state index is 0. The number of aryl methyl sites for hydroxylation is 1. The SMILES string of the molecule is [CH2-]C1CCC2C(C1)c1c(O)cc(C)cc1OC2(C)C.[Y]. The molecule has 2 nitrogen and oxygen atoms in total. The summed E-state index contributed by atoms with van der Waals surface area (Å²) in [7, 11) is 0. The second-order valence-electron chi connectivity index (χ2n) is 6.79. The van der Waals surface area contributed by atoms with Crippen LogP contribution in [0.2, 0.25) is 0 Å². The summed E-state index contributed by atoms with van der Waals surface area (Å²) in [4.78, 5) is 0. The van der Waals surface area contributed by atoms with Gasteiger partial charge in [-0.05, 0) is 50.8 Å². The van der Waals surface area contributed by atoms with Crippen molar-refractivity contribution in [1.82, 2.24) is 0 Å². The molecule has 0 spiro atoms. The zero-order chi connectivity index (χ0) is 13.8. The maximum atomic E-state index is 10.3. The van der Waals surface area contributed by atoms with Crippen LogP contribution in [0.5, 0.6) is 11.5 Å². The zero-order valence-corrected chi connectivity index (χ0v) is 15.5. The van der Waals surface area contributed by atoms with Gasteiger partial charge in [0.05, 0.1) is 0 Å². The number of aromatic hydroxyl groups is 1. The van der Waals surface area contributed by atoms with Gasteiger partial charge in [-0.25, -0.2) is 0 Å². The summed E-state index contributed by atoms with van der Waals surface area (Å²) in [5.74, 6) is 2.62. The van der Waals surface area contributed by atoms with Crippen molar-refractivity contribution in [2.45, 2.75) is 51.6 Å². The van der Waals surface area contributed by atoms with Gasteiger partial charge in [0, 0.05) is 44.2 Å². The van der Waals surface area contributed by atoms with Crippen LogP contribution in [-0.2, 0) is 32.7 Å². The molecule has 2 aliphatic rings. The number of phenols is 1. The van der Waals surface area contributed by atoms with E-state index in [2.05, 4.69) is 26.8 Å². The summed E-state index contributed by atoms with van der Waals surface area (Å²) >= 11 is 0. The quantitative estimate of drug-likeness (QED) is 0.712. The third-order valence-corrected chi connectivity index (χ3v) is 4.86. The Morgan fingerprint density at radius 3 is 2.70 bits per heavy atom. The molecule has 3 atom stereocenters. The molecule has 3 rings (SSSR count). The molecule has 1 aliphatic heterocycles. The van der Waals surface area contributed by atoms with Gasteiger partial charge >= 0.3 is 0 Å². The summed E-state index contributed by atoms with van der Waals surface area (Å²) in [5, 5.41) is 10.3. The van der Waals surface area contributed by atoms with E-state index in [0.717, 1.165) is 36.1 Å². The van der Waals surface area contributed by atoms with E-state index in [1.54, 1.807) is 0 Å². The Bertz CT molecular complexity index is 510. The molecule has 0 bridgehead atoms. The standard InChI is InChI=1S/C17H23O2.Y/c1-10-5-6-13-12(7-10)16-14(18)8-11(2)9-15(16)19-17(13,3)4;/h8-10,12-13,18H,1,5-7H2,2-4H3;/q-1;. The third kappa shape index (κ3) is 2.66. The van der Waals surface area contributed by atoms with Crippen LogP contribution in [0.4, 0.5) is 0 Å². The molecule has 1 radical (unpaired) electrons. The Kier molecular flexibility index (Phi) is 4.57. The second-order valence-corrected chi connectivity index (χ2v) is 6.79. The maximum Gasteiger partial charge on any atom is 0.127 e. The topological polar surface area (TPSA) is 29.5 Å². The third-order valence-electron chi connectivity index (χ3n) is 4.86. The summed E-state index contributed by atoms with van der Waals surface area (Å²) in [6, 6.07) is 3.91. The molecule has 107 valence electrons. The zero-order valence-electron chi connectivity index (χ0n) is 12.6. The van der Waals surface area contributed by atoms with Gasteiger partial charge in [0.25, 0.3) is 0 Å². The van der Waals surface area contributed by atoms with Crippen LogP contribution in [0.25, 0.3) is 0 Å². The molecule has 0 saturated heterocycles. The second kappa shape index (κ2) is 5.61. The fourth-order valence-corrected chi connectivity index (χ4v) is 3.97. The Balaban J connectivity index is 0.00000147. The molecule has 1 fully saturated rings. The van der Waals surface area contributed by atoms with Crippen LogP contribution in [-0.4, -0.2) is 10.7 Å². The number of hydrogen-bond donors (Lipinski definition) is 1. The first-order valence-electron chi connectivity index (χ1n) is 7.24. The number of benzene rings is 1. The van der Waals surface area contributed by atoms with Gasteiger partial charge in [0.1, 0.15) is 17.1 Å². The fraction of sp³-hybridized carbons (Fsp3) is 0.588. The van der Waals surface area contributed by atoms with Gasteiger partial charge in [-0.3, -0.25) is 0 Å². The summed E-state index contributed by atoms with van der Waals surface area (Å²) in [6.45, 7) is 10.6. The van der Waals surface area contributed by atoms with E-state index < -0.39 is 0 Å². The van der Waals surface area contributed by atoms with Crippen molar-refractivity contribution >= 4 is 0 Å². The number of phenolic OH excluding ortho intramolecular Hbond substituents is 1. The van der Waals surface area contributed by atoms with Crippen molar-refractivity contribution in [2.24, 2.45) is 11.8 Å². The molecule has 0 amide bonds. The first-order chi connectivity index (χ1) is 8.88. The molecule has 1 N–H and O–H groups in total. The first kappa shape index (κ1) is 16.3. The van der Waals surface area contributed by atoms with Crippen molar-refractivity contribution in [3.8, 4) is 11.5 Å². The Hall–Kier alpha value is -0.0761. The molecule has 1 aromatic rings. The van der Waals surface area contributed by atoms with E-state index in [9.17, 15) is 5.11 Å². The van der Waals surface area contributed by atoms with E-state index in [0.29, 0.717) is 23.5 Å². The van der Waals surface area contributed by atoms with Crippen LogP contribution in [0.15, 0.2) is 12.1 Å². The van der Waals surface area contributed by atoms with Crippen molar-refractivity contribution < 1.29 is 42.6 Å². The van der Waals surface area contributed by atoms with Gasteiger partial charge in [0.15, 0.2) is 0 Å². The van der Waals surface area contributed by atoms with Crippen molar-refractivity contribution in [2.75, 3.05) is 0 Å². The fourth-order valence-electron chi connectivity index (χ4n) is 3.97. The van der Waals surface area contributed by atoms with E-state index in [1.807, 2.05) is 13.0 Å². The molecular weight excluding hydrogens is 325 g/mol. The van der Waals surface area contributed by atoms with Gasteiger partial charge < -0.3 is 16.8 Å². The molecule has 1 aliphatic carbocycles. The first-order valence-corrected chi connectivity index (χ1v) is 7.24. The van der Waals surface area contributed by atoms with Crippen molar-refractivity contribution in [3.63, 3.8) is 0 Å². The summed E-state index contributed by atoms with van der Waals surface area (Å²) < 4.78 is 6.21. The number of hydrogen-bond acceptors (Lipinski definition) is 2. The molecule has 3 unspecified atom stereocenters. The molecule has 1 saturated carbocycles. The van der Waals surface area contributed by atoms with E-state index >= 15 is 0 Å². The Labute approximate surface area is 147 Å². The Morgan fingerprint density at radius 2 is 2.00 bits per heavy atom. The summed E-state index contributed by atoms with van der Waals surface area (Å²) in [6.07, 6.45) is 3.36. The van der Waals surface area contributed by atoms with Gasteiger partial charge in [0.2, 0.25) is 0 Å². The molecule has 1 heterocycles. The van der Waals surface area contributed by atoms with Crippen LogP contribution < -0.4 is 4.74 Å². The number of rotatable bonds is 0. The van der Waals surface area contributed by atoms with Crippen LogP contribution in [0.1, 0.15) is 50.2 Å². The molecule has 1 aromatic carbocycles. The largest absolute Gasteiger partial charge is 0.508 e. The Morgan fingerprint density at radius 1 is 1.30 bits per heavy atom. The van der Waals surface area contributed by atoms with Crippen LogP contribution in [0, 0.1) is 25.7 Å². The molecular formula is C17H23O2Y-. The van der Waals surface area contributed by atoms with Crippen LogP contribution >= 0.6 is 0 Å². The molecule has 3 heteroatoms. The van der Waals surface area contributed by atoms with Gasteiger partial charge in [-0.1, -0.05) is 12.8 Å². The molecule has 20 heavy (non-hydrogen) atoms. The smallest absolute Gasteiger partial charge is 0.127 e. The van der Waals surface area contributed by atoms with Gasteiger partial charge in [-0.2, -0.15) is 5.92 Å². The minimum atomic E-state index is -0.155. The molecule has 0 aromatic heterocycles. The van der Waals surface area contributed by atoms with Crippen molar-refractivity contribution in [3.05, 3.63) is 30.2 Å². The van der Waals surface area contributed by atoms with Crippen molar-refractivity contribution in [1.29, 1.82) is 0 Å². The minimum Gasteiger partial charge on any atom is -0.508 e. The summed E-state index contributed by atoms with van der Waals surface area (Å²) in [5.41, 5.74) is 1.91. The predicted molar refractivity (Wildman–Crippen MR) is 76.5 cm³/mol. The predicted octanol–water partition coefficient (Wildman–Crippen LogP) is 4.20. The maximum absolute atomic E-state index is 10.3. The average molecular weight is 348 g/mol. The van der Waals surface area contributed by atoms with E-state index in [4.69, 9.17) is 4.74 Å². The van der Waals surface area contributed by atoms with Crippen LogP contribution in [0.3, 0.4) is 0 Å². The van der Waals surface area contributed by atoms with E-state index in [-0.39, 0.29) is 38.3 Å². The average Bonchev–Trinajstić information content (AvgIpc) is 2.25. The van der Waals surface area contributed by atoms with Gasteiger partial charge in [-0.15, -0.1) is 0 Å². The monoisotopic (exact) mass is 348 g/mol.